The molecular formula is C18H20N6O2. The molecule has 1 amide bonds. The quantitative estimate of drug-likeness (QED) is 0.714. The van der Waals surface area contributed by atoms with Gasteiger partial charge >= 0.3 is 0 Å². The molecule has 0 radical (unpaired) electrons. The highest BCUT2D eigenvalue weighted by Gasteiger charge is 2.28. The van der Waals surface area contributed by atoms with E-state index in [1.807, 2.05) is 53.9 Å². The van der Waals surface area contributed by atoms with E-state index in [0.717, 1.165) is 17.2 Å². The Morgan fingerprint density at radius 1 is 1.27 bits per heavy atom. The summed E-state index contributed by atoms with van der Waals surface area (Å²) in [6.45, 7) is 3.49. The second-order valence-electron chi connectivity index (χ2n) is 6.38. The highest BCUT2D eigenvalue weighted by Crippen LogP contribution is 2.23. The summed E-state index contributed by atoms with van der Waals surface area (Å²) in [5.74, 6) is 0.831. The minimum absolute atomic E-state index is 0.0147. The van der Waals surface area contributed by atoms with Crippen LogP contribution in [0.1, 0.15) is 28.0 Å². The first-order valence-electron chi connectivity index (χ1n) is 8.47. The van der Waals surface area contributed by atoms with E-state index in [-0.39, 0.29) is 12.0 Å². The van der Waals surface area contributed by atoms with Crippen LogP contribution in [0, 0.1) is 6.92 Å². The molecule has 0 saturated carbocycles. The van der Waals surface area contributed by atoms with Crippen LogP contribution in [-0.4, -0.2) is 54.8 Å². The first kappa shape index (κ1) is 16.5. The first-order valence-corrected chi connectivity index (χ1v) is 8.47. The molecule has 134 valence electrons. The number of nitrogens with zero attached hydrogens (tertiary/aromatic N) is 6. The van der Waals surface area contributed by atoms with Crippen LogP contribution < -0.4 is 0 Å². The van der Waals surface area contributed by atoms with E-state index in [1.54, 1.807) is 17.2 Å². The van der Waals surface area contributed by atoms with Crippen LogP contribution >= 0.6 is 0 Å². The fourth-order valence-corrected chi connectivity index (χ4v) is 3.24. The van der Waals surface area contributed by atoms with Gasteiger partial charge in [-0.2, -0.15) is 0 Å². The maximum absolute atomic E-state index is 13.0. The zero-order chi connectivity index (χ0) is 18.1. The van der Waals surface area contributed by atoms with Crippen molar-refractivity contribution < 1.29 is 9.53 Å². The Morgan fingerprint density at radius 2 is 2.08 bits per heavy atom. The summed E-state index contributed by atoms with van der Waals surface area (Å²) >= 11 is 0. The van der Waals surface area contributed by atoms with Gasteiger partial charge in [0.15, 0.2) is 0 Å². The van der Waals surface area contributed by atoms with Gasteiger partial charge in [0.05, 0.1) is 18.8 Å². The molecule has 4 rings (SSSR count). The van der Waals surface area contributed by atoms with Crippen molar-refractivity contribution in [2.24, 2.45) is 7.05 Å². The SMILES string of the molecule is Cc1cn(C)c([C@@H]2CN(C(=O)c3cccc(-n4cnnc4)c3)CCO2)n1. The normalized spacial score (nSPS) is 17.5. The molecule has 2 aromatic heterocycles. The van der Waals surface area contributed by atoms with Gasteiger partial charge in [0, 0.05) is 31.0 Å². The molecule has 0 N–H and O–H groups in total. The summed E-state index contributed by atoms with van der Waals surface area (Å²) in [4.78, 5) is 19.3. The summed E-state index contributed by atoms with van der Waals surface area (Å²) in [5.41, 5.74) is 2.43. The van der Waals surface area contributed by atoms with E-state index in [4.69, 9.17) is 4.74 Å². The number of ether oxygens (including phenoxy) is 1. The lowest BCUT2D eigenvalue weighted by Crippen LogP contribution is -2.42. The van der Waals surface area contributed by atoms with Gasteiger partial charge in [-0.3, -0.25) is 9.36 Å². The minimum Gasteiger partial charge on any atom is -0.367 e. The molecule has 26 heavy (non-hydrogen) atoms. The summed E-state index contributed by atoms with van der Waals surface area (Å²) in [7, 11) is 1.95. The van der Waals surface area contributed by atoms with Crippen LogP contribution in [0.15, 0.2) is 43.1 Å². The molecule has 1 saturated heterocycles. The number of benzene rings is 1. The van der Waals surface area contributed by atoms with Crippen molar-refractivity contribution in [3.8, 4) is 5.69 Å². The van der Waals surface area contributed by atoms with Crippen LogP contribution in [0.5, 0.6) is 0 Å². The third-order valence-corrected chi connectivity index (χ3v) is 4.48. The number of amides is 1. The number of imidazole rings is 1. The molecule has 8 nitrogen and oxygen atoms in total. The van der Waals surface area contributed by atoms with Crippen LogP contribution in [0.2, 0.25) is 0 Å². The fourth-order valence-electron chi connectivity index (χ4n) is 3.24. The van der Waals surface area contributed by atoms with Crippen LogP contribution in [0.4, 0.5) is 0 Å². The summed E-state index contributed by atoms with van der Waals surface area (Å²) in [6.07, 6.45) is 4.96. The Balaban J connectivity index is 1.55. The third-order valence-electron chi connectivity index (χ3n) is 4.48. The van der Waals surface area contributed by atoms with E-state index in [1.165, 1.54) is 0 Å². The molecule has 0 spiro atoms. The van der Waals surface area contributed by atoms with Gasteiger partial charge in [-0.15, -0.1) is 10.2 Å². The van der Waals surface area contributed by atoms with E-state index in [2.05, 4.69) is 15.2 Å². The average molecular weight is 352 g/mol. The molecule has 0 bridgehead atoms. The van der Waals surface area contributed by atoms with Crippen molar-refractivity contribution in [3.05, 3.63) is 60.2 Å². The van der Waals surface area contributed by atoms with Crippen LogP contribution in [0.3, 0.4) is 0 Å². The molecule has 1 aliphatic rings. The number of aryl methyl sites for hydroxylation is 2. The van der Waals surface area contributed by atoms with Crippen molar-refractivity contribution in [2.75, 3.05) is 19.7 Å². The number of hydrogen-bond acceptors (Lipinski definition) is 5. The first-order chi connectivity index (χ1) is 12.6. The maximum Gasteiger partial charge on any atom is 0.254 e. The molecule has 1 aromatic carbocycles. The lowest BCUT2D eigenvalue weighted by atomic mass is 10.1. The Bertz CT molecular complexity index is 918. The molecule has 0 aliphatic carbocycles. The summed E-state index contributed by atoms with van der Waals surface area (Å²) < 4.78 is 9.59. The Labute approximate surface area is 151 Å². The molecule has 0 unspecified atom stereocenters. The Morgan fingerprint density at radius 3 is 2.81 bits per heavy atom. The van der Waals surface area contributed by atoms with Crippen LogP contribution in [-0.2, 0) is 11.8 Å². The Kier molecular flexibility index (Phi) is 4.26. The second kappa shape index (κ2) is 6.72. The number of hydrogen-bond donors (Lipinski definition) is 0. The van der Waals surface area contributed by atoms with Crippen molar-refractivity contribution >= 4 is 5.91 Å². The topological polar surface area (TPSA) is 78.1 Å². The average Bonchev–Trinajstić information content (AvgIpc) is 3.31. The second-order valence-corrected chi connectivity index (χ2v) is 6.38. The maximum atomic E-state index is 13.0. The molecule has 1 atom stereocenters. The predicted molar refractivity (Wildman–Crippen MR) is 93.9 cm³/mol. The van der Waals surface area contributed by atoms with Gasteiger partial charge in [-0.05, 0) is 25.1 Å². The lowest BCUT2D eigenvalue weighted by molar-refractivity contribution is -0.0279. The van der Waals surface area contributed by atoms with Gasteiger partial charge in [0.25, 0.3) is 5.91 Å². The Hall–Kier alpha value is -3.00. The van der Waals surface area contributed by atoms with Gasteiger partial charge in [0.2, 0.25) is 0 Å². The zero-order valence-corrected chi connectivity index (χ0v) is 14.7. The number of carbonyl (C=O) groups excluding carboxylic acids is 1. The van der Waals surface area contributed by atoms with E-state index in [0.29, 0.717) is 25.3 Å². The lowest BCUT2D eigenvalue weighted by Gasteiger charge is -2.32. The van der Waals surface area contributed by atoms with Crippen molar-refractivity contribution in [1.82, 2.24) is 29.2 Å². The van der Waals surface area contributed by atoms with Crippen LogP contribution in [0.25, 0.3) is 5.69 Å². The van der Waals surface area contributed by atoms with E-state index < -0.39 is 0 Å². The van der Waals surface area contributed by atoms with Gasteiger partial charge in [0.1, 0.15) is 24.6 Å². The predicted octanol–water partition coefficient (Wildman–Crippen LogP) is 1.52. The van der Waals surface area contributed by atoms with Crippen molar-refractivity contribution in [1.29, 1.82) is 0 Å². The van der Waals surface area contributed by atoms with Crippen molar-refractivity contribution in [3.63, 3.8) is 0 Å². The van der Waals surface area contributed by atoms with Gasteiger partial charge < -0.3 is 14.2 Å². The zero-order valence-electron chi connectivity index (χ0n) is 14.7. The fraction of sp³-hybridized carbons (Fsp3) is 0.333. The standard InChI is InChI=1S/C18H20N6O2/c1-13-9-22(2)17(21-13)16-10-23(6-7-26-16)18(25)14-4-3-5-15(8-14)24-11-19-20-12-24/h3-5,8-9,11-12,16H,6-7,10H2,1-2H3/t16-/m0/s1. The monoisotopic (exact) mass is 352 g/mol. The number of morpholine rings is 1. The summed E-state index contributed by atoms with van der Waals surface area (Å²) in [6, 6.07) is 7.45. The third kappa shape index (κ3) is 3.11. The number of rotatable bonds is 3. The highest BCUT2D eigenvalue weighted by molar-refractivity contribution is 5.94. The molecule has 3 aromatic rings. The minimum atomic E-state index is -0.215. The molecule has 3 heterocycles. The van der Waals surface area contributed by atoms with Gasteiger partial charge in [-0.25, -0.2) is 4.98 Å². The van der Waals surface area contributed by atoms with Gasteiger partial charge in [-0.1, -0.05) is 6.07 Å². The molecule has 1 fully saturated rings. The molecule has 8 heteroatoms. The molecular weight excluding hydrogens is 332 g/mol. The highest BCUT2D eigenvalue weighted by atomic mass is 16.5. The number of carbonyl (C=O) groups is 1. The van der Waals surface area contributed by atoms with Crippen molar-refractivity contribution in [2.45, 2.75) is 13.0 Å². The number of aromatic nitrogens is 5. The van der Waals surface area contributed by atoms with E-state index in [9.17, 15) is 4.79 Å². The molecule has 1 aliphatic heterocycles. The largest absolute Gasteiger partial charge is 0.367 e. The smallest absolute Gasteiger partial charge is 0.254 e. The summed E-state index contributed by atoms with van der Waals surface area (Å²) in [5, 5.41) is 7.62. The van der Waals surface area contributed by atoms with E-state index >= 15 is 0 Å².